The Labute approximate surface area is 140 Å². The number of carboxylic acid groups (broad SMARTS) is 1. The number of aryl methyl sites for hydroxylation is 3. The van der Waals surface area contributed by atoms with Gasteiger partial charge in [-0.15, -0.1) is 0 Å². The highest BCUT2D eigenvalue weighted by Gasteiger charge is 2.26. The van der Waals surface area contributed by atoms with Crippen molar-refractivity contribution in [3.63, 3.8) is 0 Å². The first-order valence-electron chi connectivity index (χ1n) is 7.73. The minimum Gasteiger partial charge on any atom is -0.481 e. The van der Waals surface area contributed by atoms with Crippen LogP contribution < -0.4 is 0 Å². The summed E-state index contributed by atoms with van der Waals surface area (Å²) in [7, 11) is 1.17. The van der Waals surface area contributed by atoms with Crippen molar-refractivity contribution in [1.82, 2.24) is 0 Å². The smallest absolute Gasteiger partial charge is 0.310 e. The van der Waals surface area contributed by atoms with Crippen molar-refractivity contribution in [3.05, 3.63) is 34.4 Å². The zero-order valence-corrected chi connectivity index (χ0v) is 15.9. The van der Waals surface area contributed by atoms with Gasteiger partial charge in [0.15, 0.2) is 5.78 Å². The van der Waals surface area contributed by atoms with Crippen LogP contribution in [0.25, 0.3) is 0 Å². The van der Waals surface area contributed by atoms with Crippen LogP contribution in [0.2, 0.25) is 0 Å². The maximum Gasteiger partial charge on any atom is 0.310 e. The summed E-state index contributed by atoms with van der Waals surface area (Å²) in [6, 6.07) is 4.07. The molecule has 0 saturated heterocycles. The third-order valence-electron chi connectivity index (χ3n) is 3.99. The third-order valence-corrected chi connectivity index (χ3v) is 3.99. The van der Waals surface area contributed by atoms with Crippen LogP contribution in [0, 0.1) is 26.2 Å². The van der Waals surface area contributed by atoms with Crippen molar-refractivity contribution in [2.24, 2.45) is 5.41 Å². The summed E-state index contributed by atoms with van der Waals surface area (Å²) in [6.07, 6.45) is 2.58. The Kier molecular flexibility index (Phi) is 8.93. The predicted octanol–water partition coefficient (Wildman–Crippen LogP) is 4.67. The van der Waals surface area contributed by atoms with E-state index in [1.807, 2.05) is 32.9 Å². The van der Waals surface area contributed by atoms with Gasteiger partial charge in [0.1, 0.15) is 0 Å². The fourth-order valence-corrected chi connectivity index (χ4v) is 2.70. The summed E-state index contributed by atoms with van der Waals surface area (Å²) in [5.41, 5.74) is 3.35. The monoisotopic (exact) mass is 339 g/mol. The zero-order chi connectivity index (χ0) is 18.2. The molecule has 0 spiro atoms. The lowest BCUT2D eigenvalue weighted by Gasteiger charge is -2.18. The topological polar surface area (TPSA) is 71.4 Å². The van der Waals surface area contributed by atoms with Gasteiger partial charge in [-0.25, -0.2) is 0 Å². The molecule has 0 aliphatic carbocycles. The van der Waals surface area contributed by atoms with Crippen molar-refractivity contribution >= 4 is 20.9 Å². The van der Waals surface area contributed by atoms with Crippen LogP contribution in [-0.2, 0) is 9.36 Å². The Morgan fingerprint density at radius 2 is 1.52 bits per heavy atom. The van der Waals surface area contributed by atoms with Gasteiger partial charge in [0.25, 0.3) is 0 Å². The van der Waals surface area contributed by atoms with E-state index in [-0.39, 0.29) is 5.78 Å². The molecule has 1 rings (SSSR count). The van der Waals surface area contributed by atoms with Crippen LogP contribution in [0.3, 0.4) is 0 Å². The van der Waals surface area contributed by atoms with Gasteiger partial charge in [-0.3, -0.25) is 9.59 Å². The van der Waals surface area contributed by atoms with Crippen molar-refractivity contribution < 1.29 is 19.3 Å². The lowest BCUT2D eigenvalue weighted by Crippen LogP contribution is -2.23. The summed E-state index contributed by atoms with van der Waals surface area (Å²) in [4.78, 5) is 23.4. The van der Waals surface area contributed by atoms with Gasteiger partial charge in [0.05, 0.1) is 5.41 Å². The van der Waals surface area contributed by atoms with Gasteiger partial charge in [-0.2, -0.15) is 0 Å². The lowest BCUT2D eigenvalue weighted by molar-refractivity contribution is -0.147. The molecule has 0 aliphatic heterocycles. The standard InChI is InChI=1S/C18H26O3.H2OP/c1-12-10-13(2)16(14(3)11-12)15(19)8-6-7-9-18(4,5)17(20)21;1-2/h10-11H,6-9H2,1-5H3,(H,20,21);2H2/q;+1. The van der Waals surface area contributed by atoms with Crippen molar-refractivity contribution in [2.45, 2.75) is 60.3 Å². The molecule has 1 aromatic rings. The first-order valence-corrected chi connectivity index (χ1v) is 8.20. The number of hydrogen-bond donors (Lipinski definition) is 1. The number of rotatable bonds is 7. The second-order valence-corrected chi connectivity index (χ2v) is 6.59. The number of hydrogen-bond acceptors (Lipinski definition) is 3. The van der Waals surface area contributed by atoms with E-state index in [2.05, 4.69) is 0 Å². The minimum absolute atomic E-state index is 0.165. The summed E-state index contributed by atoms with van der Waals surface area (Å²) >= 11 is 0. The highest BCUT2D eigenvalue weighted by Crippen LogP contribution is 2.25. The number of unbranched alkanes of at least 4 members (excludes halogenated alkanes) is 1. The molecule has 1 N–H and O–H groups in total. The molecule has 0 amide bonds. The van der Waals surface area contributed by atoms with Crippen LogP contribution in [0.15, 0.2) is 12.1 Å². The number of Topliss-reactive ketones (excluding diaryl/α,β-unsaturated/α-hetero) is 1. The first-order chi connectivity index (χ1) is 10.6. The number of carboxylic acids is 1. The third kappa shape index (κ3) is 6.62. The molecule has 1 atom stereocenters. The molecule has 1 aromatic carbocycles. The van der Waals surface area contributed by atoms with Crippen LogP contribution in [0.1, 0.15) is 66.6 Å². The maximum absolute atomic E-state index is 12.3. The molecule has 0 fully saturated rings. The molecule has 0 bridgehead atoms. The Balaban J connectivity index is 0.00000232. The lowest BCUT2D eigenvalue weighted by atomic mass is 9.86. The molecule has 4 nitrogen and oxygen atoms in total. The van der Waals surface area contributed by atoms with E-state index >= 15 is 0 Å². The summed E-state index contributed by atoms with van der Waals surface area (Å²) in [6.45, 7) is 9.43. The van der Waals surface area contributed by atoms with Crippen molar-refractivity contribution in [2.75, 3.05) is 0 Å². The molecular formula is C18H28O4P+. The predicted molar refractivity (Wildman–Crippen MR) is 95.3 cm³/mol. The van der Waals surface area contributed by atoms with Gasteiger partial charge < -0.3 is 5.11 Å². The highest BCUT2D eigenvalue weighted by molar-refractivity contribution is 7.00. The molecule has 0 radical (unpaired) electrons. The van der Waals surface area contributed by atoms with Crippen molar-refractivity contribution in [1.29, 1.82) is 0 Å². The molecule has 0 aliphatic rings. The average Bonchev–Trinajstić information content (AvgIpc) is 2.44. The van der Waals surface area contributed by atoms with Gasteiger partial charge in [-0.1, -0.05) is 28.7 Å². The zero-order valence-electron chi connectivity index (χ0n) is 14.7. The fraction of sp³-hybridized carbons (Fsp3) is 0.556. The Bertz CT molecular complexity index is 541. The van der Waals surface area contributed by atoms with Gasteiger partial charge in [-0.05, 0) is 58.6 Å². The Morgan fingerprint density at radius 1 is 1.04 bits per heavy atom. The number of ketones is 1. The largest absolute Gasteiger partial charge is 0.481 e. The van der Waals surface area contributed by atoms with Gasteiger partial charge >= 0.3 is 15.1 Å². The number of carbonyl (C=O) groups excluding carboxylic acids is 1. The molecule has 0 saturated carbocycles. The van der Waals surface area contributed by atoms with E-state index in [4.69, 9.17) is 9.67 Å². The first kappa shape index (κ1) is 21.5. The summed E-state index contributed by atoms with van der Waals surface area (Å²) in [5, 5.41) is 9.06. The molecule has 23 heavy (non-hydrogen) atoms. The van der Waals surface area contributed by atoms with E-state index < -0.39 is 11.4 Å². The van der Waals surface area contributed by atoms with Gasteiger partial charge in [0.2, 0.25) is 0 Å². The molecule has 0 heterocycles. The second kappa shape index (κ2) is 9.57. The number of benzene rings is 1. The van der Waals surface area contributed by atoms with E-state index in [1.54, 1.807) is 13.8 Å². The molecule has 1 unspecified atom stereocenters. The van der Waals surface area contributed by atoms with Crippen LogP contribution >= 0.6 is 9.12 Å². The number of aliphatic carboxylic acids is 1. The van der Waals surface area contributed by atoms with E-state index in [0.29, 0.717) is 12.8 Å². The number of carbonyl (C=O) groups is 2. The normalized spacial score (nSPS) is 10.7. The van der Waals surface area contributed by atoms with E-state index in [1.165, 1.54) is 14.7 Å². The van der Waals surface area contributed by atoms with Crippen LogP contribution in [0.4, 0.5) is 0 Å². The van der Waals surface area contributed by atoms with Crippen molar-refractivity contribution in [3.8, 4) is 0 Å². The van der Waals surface area contributed by atoms with E-state index in [0.717, 1.165) is 29.5 Å². The summed E-state index contributed by atoms with van der Waals surface area (Å²) in [5.74, 6) is -0.614. The maximum atomic E-state index is 12.3. The molecular weight excluding hydrogens is 311 g/mol. The minimum atomic E-state index is -0.779. The van der Waals surface area contributed by atoms with Gasteiger partial charge in [0, 0.05) is 12.0 Å². The van der Waals surface area contributed by atoms with Crippen LogP contribution in [-0.4, -0.2) is 16.9 Å². The van der Waals surface area contributed by atoms with E-state index in [9.17, 15) is 9.59 Å². The quantitative estimate of drug-likeness (QED) is 0.445. The molecule has 0 aromatic heterocycles. The highest BCUT2D eigenvalue weighted by atomic mass is 31.0. The molecule has 128 valence electrons. The fourth-order valence-electron chi connectivity index (χ4n) is 2.70. The average molecular weight is 339 g/mol. The molecule has 5 heteroatoms. The Morgan fingerprint density at radius 3 is 1.96 bits per heavy atom. The SMILES string of the molecule is Cc1cc(C)c(C(=O)CCCCC(C)(C)C(=O)O)c(C)c1.O=[PH2+]. The Hall–Kier alpha value is -1.54. The second-order valence-electron chi connectivity index (χ2n) is 6.59. The van der Waals surface area contributed by atoms with Crippen LogP contribution in [0.5, 0.6) is 0 Å². The summed E-state index contributed by atoms with van der Waals surface area (Å²) < 4.78 is 8.17.